The van der Waals surface area contributed by atoms with Crippen molar-refractivity contribution in [1.29, 1.82) is 0 Å². The largest absolute Gasteiger partial charge is 0.326 e. The van der Waals surface area contributed by atoms with Crippen LogP contribution in [0.15, 0.2) is 35.2 Å². The zero-order valence-electron chi connectivity index (χ0n) is 13.3. The van der Waals surface area contributed by atoms with E-state index in [0.717, 1.165) is 18.5 Å². The lowest BCUT2D eigenvalue weighted by atomic mass is 10.1. The van der Waals surface area contributed by atoms with Crippen LogP contribution < -0.4 is 15.4 Å². The summed E-state index contributed by atoms with van der Waals surface area (Å²) >= 11 is 0. The molecule has 2 aliphatic rings. The first-order chi connectivity index (χ1) is 11.4. The molecule has 24 heavy (non-hydrogen) atoms. The van der Waals surface area contributed by atoms with Gasteiger partial charge in [0.1, 0.15) is 0 Å². The van der Waals surface area contributed by atoms with E-state index in [9.17, 15) is 13.2 Å². The summed E-state index contributed by atoms with van der Waals surface area (Å²) in [5.74, 6) is 0.306. The molecule has 1 amide bonds. The summed E-state index contributed by atoms with van der Waals surface area (Å²) in [6, 6.07) is 8.28. The summed E-state index contributed by atoms with van der Waals surface area (Å²) in [7, 11) is -2.00. The quantitative estimate of drug-likeness (QED) is 0.858. The van der Waals surface area contributed by atoms with Crippen LogP contribution in [-0.4, -0.2) is 34.0 Å². The minimum absolute atomic E-state index is 0.117. The van der Waals surface area contributed by atoms with Gasteiger partial charge >= 0.3 is 0 Å². The summed E-state index contributed by atoms with van der Waals surface area (Å²) < 4.78 is 28.1. The summed E-state index contributed by atoms with van der Waals surface area (Å²) in [4.78, 5) is 14.0. The number of nitrogens with one attached hydrogen (secondary N) is 1. The second kappa shape index (κ2) is 5.27. The van der Waals surface area contributed by atoms with Crippen molar-refractivity contribution in [2.45, 2.75) is 23.8 Å². The molecule has 0 radical (unpaired) electrons. The van der Waals surface area contributed by atoms with Gasteiger partial charge in [0, 0.05) is 36.0 Å². The van der Waals surface area contributed by atoms with Crippen LogP contribution in [-0.2, 0) is 10.0 Å². The van der Waals surface area contributed by atoms with Crippen molar-refractivity contribution in [3.05, 3.63) is 35.9 Å². The third-order valence-electron chi connectivity index (χ3n) is 4.90. The molecule has 1 unspecified atom stereocenters. The van der Waals surface area contributed by atoms with Crippen LogP contribution in [0.25, 0.3) is 10.8 Å². The fourth-order valence-electron chi connectivity index (χ4n) is 3.32. The lowest BCUT2D eigenvalue weighted by molar-refractivity contribution is 0.0999. The maximum absolute atomic E-state index is 12.7. The molecule has 6 nitrogen and oxygen atoms in total. The standard InChI is InChI=1S/C17H19N3O3S/c1-20-14-7-8-15(11-3-2-4-12(16(11)14)17(20)21)24(22,23)19-9-13(18)10-5-6-10/h2-4,7-8,10,13,19H,5-6,9,18H2,1H3. The SMILES string of the molecule is CN1C(=O)c2cccc3c(S(=O)(=O)NCC(N)C4CC4)ccc1c23. The number of rotatable bonds is 5. The van der Waals surface area contributed by atoms with E-state index in [2.05, 4.69) is 4.72 Å². The average Bonchev–Trinajstić information content (AvgIpc) is 3.38. The summed E-state index contributed by atoms with van der Waals surface area (Å²) in [5, 5.41) is 1.26. The molecule has 126 valence electrons. The number of carbonyl (C=O) groups is 1. The highest BCUT2D eigenvalue weighted by atomic mass is 32.2. The Balaban J connectivity index is 1.76. The van der Waals surface area contributed by atoms with Crippen molar-refractivity contribution in [2.24, 2.45) is 11.7 Å². The molecule has 1 saturated carbocycles. The van der Waals surface area contributed by atoms with Gasteiger partial charge in [0.05, 0.1) is 10.6 Å². The van der Waals surface area contributed by atoms with Crippen molar-refractivity contribution in [3.63, 3.8) is 0 Å². The Bertz CT molecular complexity index is 951. The van der Waals surface area contributed by atoms with E-state index in [4.69, 9.17) is 5.73 Å². The molecule has 2 aromatic rings. The van der Waals surface area contributed by atoms with Crippen LogP contribution >= 0.6 is 0 Å². The van der Waals surface area contributed by atoms with Crippen molar-refractivity contribution >= 4 is 32.4 Å². The molecular formula is C17H19N3O3S. The smallest absolute Gasteiger partial charge is 0.258 e. The highest BCUT2D eigenvalue weighted by Gasteiger charge is 2.32. The highest BCUT2D eigenvalue weighted by Crippen LogP contribution is 2.39. The van der Waals surface area contributed by atoms with Crippen LogP contribution in [0, 0.1) is 5.92 Å². The Morgan fingerprint density at radius 2 is 2.04 bits per heavy atom. The molecule has 2 aromatic carbocycles. The number of sulfonamides is 1. The minimum atomic E-state index is -3.69. The highest BCUT2D eigenvalue weighted by molar-refractivity contribution is 7.89. The minimum Gasteiger partial charge on any atom is -0.326 e. The fraction of sp³-hybridized carbons (Fsp3) is 0.353. The predicted molar refractivity (Wildman–Crippen MR) is 92.6 cm³/mol. The average molecular weight is 345 g/mol. The van der Waals surface area contributed by atoms with Crippen LogP contribution in [0.1, 0.15) is 23.2 Å². The fourth-order valence-corrected chi connectivity index (χ4v) is 4.59. The lowest BCUT2D eigenvalue weighted by Gasteiger charge is -2.15. The number of anilines is 1. The number of benzene rings is 2. The van der Waals surface area contributed by atoms with Crippen molar-refractivity contribution in [1.82, 2.24) is 4.72 Å². The van der Waals surface area contributed by atoms with Gasteiger partial charge in [-0.3, -0.25) is 4.79 Å². The molecule has 3 N–H and O–H groups in total. The van der Waals surface area contributed by atoms with Gasteiger partial charge in [-0.1, -0.05) is 12.1 Å². The molecule has 7 heteroatoms. The van der Waals surface area contributed by atoms with E-state index in [0.29, 0.717) is 22.3 Å². The molecule has 0 aromatic heterocycles. The Kier molecular flexibility index (Phi) is 3.42. The van der Waals surface area contributed by atoms with Crippen LogP contribution in [0.4, 0.5) is 5.69 Å². The molecule has 1 atom stereocenters. The van der Waals surface area contributed by atoms with E-state index in [1.165, 1.54) is 0 Å². The number of amides is 1. The van der Waals surface area contributed by atoms with Gasteiger partial charge < -0.3 is 10.6 Å². The molecule has 1 fully saturated rings. The molecule has 4 rings (SSSR count). The molecular weight excluding hydrogens is 326 g/mol. The van der Waals surface area contributed by atoms with Gasteiger partial charge in [-0.25, -0.2) is 13.1 Å². The summed E-state index contributed by atoms with van der Waals surface area (Å²) in [6.45, 7) is 0.231. The third kappa shape index (κ3) is 2.31. The van der Waals surface area contributed by atoms with Crippen molar-refractivity contribution < 1.29 is 13.2 Å². The number of hydrogen-bond donors (Lipinski definition) is 2. The number of nitrogens with two attached hydrogens (primary N) is 1. The first kappa shape index (κ1) is 15.6. The maximum Gasteiger partial charge on any atom is 0.258 e. The van der Waals surface area contributed by atoms with E-state index >= 15 is 0 Å². The lowest BCUT2D eigenvalue weighted by Crippen LogP contribution is -2.38. The third-order valence-corrected chi connectivity index (χ3v) is 6.38. The second-order valence-electron chi connectivity index (χ2n) is 6.53. The van der Waals surface area contributed by atoms with E-state index in [1.807, 2.05) is 0 Å². The number of hydrogen-bond acceptors (Lipinski definition) is 4. The van der Waals surface area contributed by atoms with Crippen molar-refractivity contribution in [3.8, 4) is 0 Å². The summed E-state index contributed by atoms with van der Waals surface area (Å²) in [5.41, 5.74) is 7.27. The van der Waals surface area contributed by atoms with Crippen molar-refractivity contribution in [2.75, 3.05) is 18.5 Å². The predicted octanol–water partition coefficient (Wildman–Crippen LogP) is 1.45. The first-order valence-corrected chi connectivity index (χ1v) is 9.47. The molecule has 1 heterocycles. The van der Waals surface area contributed by atoms with Gasteiger partial charge in [0.25, 0.3) is 5.91 Å². The number of nitrogens with zero attached hydrogens (tertiary/aromatic N) is 1. The van der Waals surface area contributed by atoms with Gasteiger partial charge in [-0.15, -0.1) is 0 Å². The Morgan fingerprint density at radius 3 is 2.75 bits per heavy atom. The van der Waals surface area contributed by atoms with E-state index in [1.54, 1.807) is 42.3 Å². The second-order valence-corrected chi connectivity index (χ2v) is 8.26. The maximum atomic E-state index is 12.7. The van der Waals surface area contributed by atoms with E-state index < -0.39 is 10.0 Å². The molecule has 1 aliphatic heterocycles. The van der Waals surface area contributed by atoms with Gasteiger partial charge in [-0.05, 0) is 37.0 Å². The molecule has 0 spiro atoms. The van der Waals surface area contributed by atoms with Crippen LogP contribution in [0.3, 0.4) is 0 Å². The number of carbonyl (C=O) groups excluding carboxylic acids is 1. The topological polar surface area (TPSA) is 92.5 Å². The first-order valence-electron chi connectivity index (χ1n) is 7.99. The van der Waals surface area contributed by atoms with Crippen LogP contribution in [0.5, 0.6) is 0 Å². The molecule has 0 bridgehead atoms. The Labute approximate surface area is 140 Å². The normalized spacial score (nSPS) is 18.4. The van der Waals surface area contributed by atoms with Gasteiger partial charge in [-0.2, -0.15) is 0 Å². The van der Waals surface area contributed by atoms with E-state index in [-0.39, 0.29) is 23.4 Å². The Morgan fingerprint density at radius 1 is 1.29 bits per heavy atom. The zero-order chi connectivity index (χ0) is 17.1. The molecule has 1 aliphatic carbocycles. The Hall–Kier alpha value is -1.96. The van der Waals surface area contributed by atoms with Crippen LogP contribution in [0.2, 0.25) is 0 Å². The molecule has 0 saturated heterocycles. The zero-order valence-corrected chi connectivity index (χ0v) is 14.1. The monoisotopic (exact) mass is 345 g/mol. The summed E-state index contributed by atoms with van der Waals surface area (Å²) in [6.07, 6.45) is 2.14. The van der Waals surface area contributed by atoms with Gasteiger partial charge in [0.15, 0.2) is 0 Å². The van der Waals surface area contributed by atoms with Gasteiger partial charge in [0.2, 0.25) is 10.0 Å².